The minimum Gasteiger partial charge on any atom is -0.361 e. The van der Waals surface area contributed by atoms with Crippen LogP contribution < -0.4 is 0 Å². The summed E-state index contributed by atoms with van der Waals surface area (Å²) < 4.78 is 0. The van der Waals surface area contributed by atoms with Gasteiger partial charge in [0.05, 0.1) is 0 Å². The fraction of sp³-hybridized carbons (Fsp3) is 0.556. The highest BCUT2D eigenvalue weighted by atomic mass is 15.2. The molecule has 1 N–H and O–H groups in total. The van der Waals surface area contributed by atoms with Gasteiger partial charge in [0.2, 0.25) is 0 Å². The van der Waals surface area contributed by atoms with Gasteiger partial charge in [-0.3, -0.25) is 4.90 Å². The average Bonchev–Trinajstić information content (AvgIpc) is 2.94. The molecule has 1 aromatic carbocycles. The molecule has 0 saturated carbocycles. The molecule has 0 spiro atoms. The van der Waals surface area contributed by atoms with Crippen molar-refractivity contribution in [2.75, 3.05) is 27.2 Å². The van der Waals surface area contributed by atoms with Crippen LogP contribution in [0.5, 0.6) is 0 Å². The predicted molar refractivity (Wildman–Crippen MR) is 89.5 cm³/mol. The van der Waals surface area contributed by atoms with E-state index in [0.717, 1.165) is 12.6 Å². The molecule has 0 aliphatic carbocycles. The summed E-state index contributed by atoms with van der Waals surface area (Å²) in [5.74, 6) is 0. The van der Waals surface area contributed by atoms with Gasteiger partial charge in [-0.1, -0.05) is 12.5 Å². The van der Waals surface area contributed by atoms with Gasteiger partial charge in [0.1, 0.15) is 0 Å². The van der Waals surface area contributed by atoms with Crippen molar-refractivity contribution < 1.29 is 0 Å². The maximum atomic E-state index is 3.27. The summed E-state index contributed by atoms with van der Waals surface area (Å²) in [7, 11) is 4.35. The second-order valence-corrected chi connectivity index (χ2v) is 6.61. The van der Waals surface area contributed by atoms with Crippen LogP contribution in [0.3, 0.4) is 0 Å². The van der Waals surface area contributed by atoms with E-state index in [-0.39, 0.29) is 0 Å². The molecule has 3 heteroatoms. The van der Waals surface area contributed by atoms with E-state index in [2.05, 4.69) is 53.1 Å². The van der Waals surface area contributed by atoms with E-state index >= 15 is 0 Å². The van der Waals surface area contributed by atoms with Gasteiger partial charge in [0.25, 0.3) is 0 Å². The number of nitrogens with zero attached hydrogens (tertiary/aromatic N) is 2. The lowest BCUT2D eigenvalue weighted by molar-refractivity contribution is 0.125. The van der Waals surface area contributed by atoms with Crippen molar-refractivity contribution in [3.63, 3.8) is 0 Å². The van der Waals surface area contributed by atoms with E-state index in [9.17, 15) is 0 Å². The minimum absolute atomic E-state index is 0.753. The van der Waals surface area contributed by atoms with Crippen molar-refractivity contribution in [3.8, 4) is 0 Å². The van der Waals surface area contributed by atoms with Gasteiger partial charge >= 0.3 is 0 Å². The number of nitrogens with one attached hydrogen (secondary N) is 1. The lowest BCUT2D eigenvalue weighted by atomic mass is 9.98. The quantitative estimate of drug-likeness (QED) is 0.908. The molecule has 21 heavy (non-hydrogen) atoms. The Kier molecular flexibility index (Phi) is 4.61. The predicted octanol–water partition coefficient (Wildman–Crippen LogP) is 3.47. The number of aromatic nitrogens is 1. The number of hydrogen-bond donors (Lipinski definition) is 1. The van der Waals surface area contributed by atoms with Gasteiger partial charge in [-0.15, -0.1) is 0 Å². The molecule has 0 radical (unpaired) electrons. The third-order valence-electron chi connectivity index (χ3n) is 4.66. The van der Waals surface area contributed by atoms with Gasteiger partial charge in [-0.2, -0.15) is 0 Å². The third kappa shape index (κ3) is 3.66. The molecule has 3 rings (SSSR count). The van der Waals surface area contributed by atoms with E-state index in [4.69, 9.17) is 0 Å². The molecular weight excluding hydrogens is 258 g/mol. The second kappa shape index (κ2) is 6.63. The summed E-state index contributed by atoms with van der Waals surface area (Å²) in [5, 5.41) is 1.33. The first-order valence-corrected chi connectivity index (χ1v) is 8.17. The fourth-order valence-corrected chi connectivity index (χ4v) is 3.44. The second-order valence-electron chi connectivity index (χ2n) is 6.61. The van der Waals surface area contributed by atoms with Gasteiger partial charge in [0, 0.05) is 24.3 Å². The Hall–Kier alpha value is -1.32. The van der Waals surface area contributed by atoms with Crippen LogP contribution >= 0.6 is 0 Å². The number of aromatic amines is 1. The number of piperidine rings is 1. The number of H-pyrrole nitrogens is 1. The highest BCUT2D eigenvalue weighted by molar-refractivity contribution is 5.79. The van der Waals surface area contributed by atoms with Crippen LogP contribution in [0.2, 0.25) is 0 Å². The molecule has 1 fully saturated rings. The Balaban J connectivity index is 1.68. The van der Waals surface area contributed by atoms with Crippen LogP contribution in [0.1, 0.15) is 31.2 Å². The number of hydrogen-bond acceptors (Lipinski definition) is 2. The summed E-state index contributed by atoms with van der Waals surface area (Å²) in [6.45, 7) is 3.54. The molecule has 0 bridgehead atoms. The number of likely N-dealkylation sites (tertiary alicyclic amines) is 1. The lowest BCUT2D eigenvalue weighted by Gasteiger charge is -2.36. The summed E-state index contributed by atoms with van der Waals surface area (Å²) in [6.07, 6.45) is 7.42. The summed E-state index contributed by atoms with van der Waals surface area (Å²) in [6, 6.07) is 9.74. The maximum absolute atomic E-state index is 3.27. The minimum atomic E-state index is 0.753. The highest BCUT2D eigenvalue weighted by Crippen LogP contribution is 2.23. The molecular formula is C18H27N3. The Bertz CT molecular complexity index is 573. The van der Waals surface area contributed by atoms with E-state index in [0.29, 0.717) is 0 Å². The Morgan fingerprint density at radius 1 is 1.24 bits per heavy atom. The summed E-state index contributed by atoms with van der Waals surface area (Å²) >= 11 is 0. The summed E-state index contributed by atoms with van der Waals surface area (Å²) in [4.78, 5) is 8.27. The zero-order chi connectivity index (χ0) is 14.7. The first-order chi connectivity index (χ1) is 10.2. The number of fused-ring (bicyclic) bond motifs is 1. The smallest absolute Gasteiger partial charge is 0.0454 e. The number of rotatable bonds is 5. The van der Waals surface area contributed by atoms with Gasteiger partial charge in [0.15, 0.2) is 0 Å². The van der Waals surface area contributed by atoms with E-state index in [1.165, 1.54) is 55.2 Å². The van der Waals surface area contributed by atoms with Crippen LogP contribution in [-0.2, 0) is 6.54 Å². The van der Waals surface area contributed by atoms with Crippen LogP contribution in [0.25, 0.3) is 10.9 Å². The molecule has 2 heterocycles. The van der Waals surface area contributed by atoms with E-state index in [1.54, 1.807) is 0 Å². The van der Waals surface area contributed by atoms with E-state index in [1.807, 2.05) is 6.20 Å². The number of benzene rings is 1. The molecule has 1 aromatic heterocycles. The van der Waals surface area contributed by atoms with Crippen LogP contribution in [0.4, 0.5) is 0 Å². The molecule has 2 aromatic rings. The standard InChI is InChI=1S/C18H27N3/c1-20(2)12-9-17-5-3-4-11-21(17)14-15-6-7-18-16(13-15)8-10-19-18/h6-8,10,13,17,19H,3-5,9,11-12,14H2,1-2H3/t17-/m1/s1. The monoisotopic (exact) mass is 285 g/mol. The Labute approximate surface area is 127 Å². The molecule has 3 nitrogen and oxygen atoms in total. The van der Waals surface area contributed by atoms with Gasteiger partial charge in [-0.05, 0) is 75.6 Å². The molecule has 0 unspecified atom stereocenters. The molecule has 1 aliphatic rings. The first kappa shape index (κ1) is 14.6. The Morgan fingerprint density at radius 2 is 2.14 bits per heavy atom. The van der Waals surface area contributed by atoms with Crippen molar-refractivity contribution in [2.24, 2.45) is 0 Å². The van der Waals surface area contributed by atoms with Crippen LogP contribution in [0, 0.1) is 0 Å². The Morgan fingerprint density at radius 3 is 3.00 bits per heavy atom. The average molecular weight is 285 g/mol. The van der Waals surface area contributed by atoms with Crippen molar-refractivity contribution in [2.45, 2.75) is 38.3 Å². The topological polar surface area (TPSA) is 22.3 Å². The zero-order valence-corrected chi connectivity index (χ0v) is 13.3. The van der Waals surface area contributed by atoms with Crippen molar-refractivity contribution in [1.29, 1.82) is 0 Å². The van der Waals surface area contributed by atoms with Crippen molar-refractivity contribution in [1.82, 2.24) is 14.8 Å². The maximum Gasteiger partial charge on any atom is 0.0454 e. The van der Waals surface area contributed by atoms with Gasteiger partial charge in [-0.25, -0.2) is 0 Å². The lowest BCUT2D eigenvalue weighted by Crippen LogP contribution is -2.40. The zero-order valence-electron chi connectivity index (χ0n) is 13.3. The van der Waals surface area contributed by atoms with Crippen molar-refractivity contribution >= 4 is 10.9 Å². The third-order valence-corrected chi connectivity index (χ3v) is 4.66. The first-order valence-electron chi connectivity index (χ1n) is 8.17. The fourth-order valence-electron chi connectivity index (χ4n) is 3.44. The highest BCUT2D eigenvalue weighted by Gasteiger charge is 2.22. The van der Waals surface area contributed by atoms with E-state index < -0.39 is 0 Å². The van der Waals surface area contributed by atoms with Crippen molar-refractivity contribution in [3.05, 3.63) is 36.0 Å². The molecule has 1 atom stereocenters. The normalized spacial score (nSPS) is 20.4. The van der Waals surface area contributed by atoms with Crippen LogP contribution in [-0.4, -0.2) is 48.0 Å². The van der Waals surface area contributed by atoms with Gasteiger partial charge < -0.3 is 9.88 Å². The van der Waals surface area contributed by atoms with Crippen LogP contribution in [0.15, 0.2) is 30.5 Å². The SMILES string of the molecule is CN(C)CC[C@H]1CCCCN1Cc1ccc2[nH]ccc2c1. The molecule has 0 amide bonds. The molecule has 1 aliphatic heterocycles. The molecule has 1 saturated heterocycles. The summed E-state index contributed by atoms with van der Waals surface area (Å²) in [5.41, 5.74) is 2.68. The molecule has 114 valence electrons. The largest absolute Gasteiger partial charge is 0.361 e.